The lowest BCUT2D eigenvalue weighted by molar-refractivity contribution is -0.149. The van der Waals surface area contributed by atoms with Crippen LogP contribution < -0.4 is 5.73 Å². The van der Waals surface area contributed by atoms with Crippen LogP contribution in [0, 0.1) is 0 Å². The molecule has 1 aliphatic carbocycles. The smallest absolute Gasteiger partial charge is 0.325 e. The van der Waals surface area contributed by atoms with Crippen molar-refractivity contribution >= 4 is 5.97 Å². The van der Waals surface area contributed by atoms with E-state index in [9.17, 15) is 4.79 Å². The summed E-state index contributed by atoms with van der Waals surface area (Å²) in [4.78, 5) is 14.2. The van der Waals surface area contributed by atoms with Crippen LogP contribution in [-0.2, 0) is 14.3 Å². The van der Waals surface area contributed by atoms with Gasteiger partial charge in [-0.2, -0.15) is 0 Å². The average molecular weight is 272 g/mol. The van der Waals surface area contributed by atoms with E-state index in [-0.39, 0.29) is 5.97 Å². The normalized spacial score (nSPS) is 29.3. The Bertz CT molecular complexity index is 298. The molecule has 1 rings (SSSR count). The van der Waals surface area contributed by atoms with Gasteiger partial charge in [0.1, 0.15) is 5.54 Å². The van der Waals surface area contributed by atoms with Crippen LogP contribution in [0.15, 0.2) is 0 Å². The van der Waals surface area contributed by atoms with E-state index in [1.807, 2.05) is 0 Å². The zero-order valence-electron chi connectivity index (χ0n) is 12.6. The van der Waals surface area contributed by atoms with Crippen molar-refractivity contribution in [2.75, 3.05) is 27.4 Å². The van der Waals surface area contributed by atoms with Gasteiger partial charge in [-0.25, -0.2) is 0 Å². The first kappa shape index (κ1) is 16.4. The number of hydrogen-bond acceptors (Lipinski definition) is 5. The van der Waals surface area contributed by atoms with Gasteiger partial charge in [0.2, 0.25) is 0 Å². The molecule has 19 heavy (non-hydrogen) atoms. The van der Waals surface area contributed by atoms with Gasteiger partial charge < -0.3 is 15.2 Å². The van der Waals surface area contributed by atoms with Crippen molar-refractivity contribution in [3.8, 4) is 0 Å². The molecule has 2 N–H and O–H groups in total. The number of rotatable bonds is 6. The van der Waals surface area contributed by atoms with E-state index in [4.69, 9.17) is 15.2 Å². The summed E-state index contributed by atoms with van der Waals surface area (Å²) >= 11 is 0. The molecule has 1 aliphatic rings. The van der Waals surface area contributed by atoms with Crippen LogP contribution in [0.1, 0.15) is 39.5 Å². The highest BCUT2D eigenvalue weighted by Gasteiger charge is 2.42. The molecule has 0 amide bonds. The number of hydrogen-bond donors (Lipinski definition) is 1. The summed E-state index contributed by atoms with van der Waals surface area (Å²) in [5.74, 6) is -0.285. The van der Waals surface area contributed by atoms with Crippen LogP contribution in [0.3, 0.4) is 0 Å². The molecule has 5 nitrogen and oxygen atoms in total. The predicted octanol–water partition coefficient (Wildman–Crippen LogP) is 1.16. The van der Waals surface area contributed by atoms with Crippen molar-refractivity contribution in [1.82, 2.24) is 4.90 Å². The van der Waals surface area contributed by atoms with Gasteiger partial charge in [0, 0.05) is 19.2 Å². The van der Waals surface area contributed by atoms with E-state index in [0.717, 1.165) is 19.4 Å². The van der Waals surface area contributed by atoms with Crippen molar-refractivity contribution in [1.29, 1.82) is 0 Å². The number of nitrogens with zero attached hydrogens (tertiary/aromatic N) is 1. The summed E-state index contributed by atoms with van der Waals surface area (Å²) in [6, 6.07) is 0.660. The van der Waals surface area contributed by atoms with E-state index < -0.39 is 5.54 Å². The van der Waals surface area contributed by atoms with Crippen LogP contribution in [0.4, 0.5) is 0 Å². The highest BCUT2D eigenvalue weighted by molar-refractivity contribution is 5.80. The molecule has 0 radical (unpaired) electrons. The minimum atomic E-state index is -0.822. The second-order valence-corrected chi connectivity index (χ2v) is 5.53. The number of carbonyl (C=O) groups is 1. The lowest BCUT2D eigenvalue weighted by Crippen LogP contribution is -2.57. The largest absolute Gasteiger partial charge is 0.468 e. The molecule has 0 aliphatic heterocycles. The van der Waals surface area contributed by atoms with Crippen LogP contribution in [0.25, 0.3) is 0 Å². The van der Waals surface area contributed by atoms with E-state index in [1.54, 1.807) is 7.11 Å². The maximum atomic E-state index is 11.9. The zero-order valence-corrected chi connectivity index (χ0v) is 12.6. The minimum Gasteiger partial charge on any atom is -0.468 e. The maximum absolute atomic E-state index is 11.9. The number of ether oxygens (including phenoxy) is 2. The number of methoxy groups -OCH3 is 2. The van der Waals surface area contributed by atoms with Gasteiger partial charge >= 0.3 is 5.97 Å². The van der Waals surface area contributed by atoms with E-state index in [2.05, 4.69) is 18.7 Å². The molecule has 1 fully saturated rings. The van der Waals surface area contributed by atoms with E-state index in [1.165, 1.54) is 7.11 Å². The van der Waals surface area contributed by atoms with Gasteiger partial charge in [-0.3, -0.25) is 9.69 Å². The number of nitrogens with two attached hydrogens (primary N) is 1. The molecule has 5 heteroatoms. The van der Waals surface area contributed by atoms with Crippen LogP contribution in [0.2, 0.25) is 0 Å². The minimum absolute atomic E-state index is 0.285. The quantitative estimate of drug-likeness (QED) is 0.735. The van der Waals surface area contributed by atoms with E-state index in [0.29, 0.717) is 31.5 Å². The second kappa shape index (κ2) is 7.22. The molecule has 3 unspecified atom stereocenters. The molecule has 112 valence electrons. The monoisotopic (exact) mass is 272 g/mol. The summed E-state index contributed by atoms with van der Waals surface area (Å²) in [6.07, 6.45) is 3.43. The lowest BCUT2D eigenvalue weighted by Gasteiger charge is -2.43. The molecule has 3 atom stereocenters. The van der Waals surface area contributed by atoms with Gasteiger partial charge in [-0.05, 0) is 39.2 Å². The summed E-state index contributed by atoms with van der Waals surface area (Å²) in [5, 5.41) is 0. The maximum Gasteiger partial charge on any atom is 0.325 e. The Balaban J connectivity index is 2.74. The van der Waals surface area contributed by atoms with Crippen LogP contribution >= 0.6 is 0 Å². The Kier molecular flexibility index (Phi) is 6.23. The van der Waals surface area contributed by atoms with Gasteiger partial charge in [0.15, 0.2) is 0 Å². The molecule has 0 aromatic rings. The Hall–Kier alpha value is -0.650. The second-order valence-electron chi connectivity index (χ2n) is 5.53. The first-order chi connectivity index (χ1) is 8.98. The average Bonchev–Trinajstić information content (AvgIpc) is 2.39. The molecule has 0 bridgehead atoms. The topological polar surface area (TPSA) is 64.8 Å². The highest BCUT2D eigenvalue weighted by Crippen LogP contribution is 2.31. The number of esters is 1. The van der Waals surface area contributed by atoms with Crippen LogP contribution in [-0.4, -0.2) is 55.9 Å². The Morgan fingerprint density at radius 3 is 2.74 bits per heavy atom. The summed E-state index contributed by atoms with van der Waals surface area (Å²) < 4.78 is 10.1. The highest BCUT2D eigenvalue weighted by atomic mass is 16.5. The van der Waals surface area contributed by atoms with Gasteiger partial charge in [0.25, 0.3) is 0 Å². The first-order valence-corrected chi connectivity index (χ1v) is 7.10. The van der Waals surface area contributed by atoms with Gasteiger partial charge in [-0.1, -0.05) is 6.92 Å². The summed E-state index contributed by atoms with van der Waals surface area (Å²) in [6.45, 7) is 5.92. The van der Waals surface area contributed by atoms with Crippen molar-refractivity contribution in [2.45, 2.75) is 57.2 Å². The van der Waals surface area contributed by atoms with Crippen molar-refractivity contribution in [3.63, 3.8) is 0 Å². The lowest BCUT2D eigenvalue weighted by atomic mass is 9.79. The summed E-state index contributed by atoms with van der Waals surface area (Å²) in [7, 11) is 3.12. The zero-order chi connectivity index (χ0) is 14.5. The third-order valence-corrected chi connectivity index (χ3v) is 4.16. The van der Waals surface area contributed by atoms with E-state index >= 15 is 0 Å². The Morgan fingerprint density at radius 2 is 2.21 bits per heavy atom. The third-order valence-electron chi connectivity index (χ3n) is 4.16. The molecule has 0 spiro atoms. The SMILES string of the molecule is CCN(C(C)COC)C1CCCC(N)(C(=O)OC)C1. The fourth-order valence-corrected chi connectivity index (χ4v) is 3.22. The number of likely N-dealkylation sites (N-methyl/N-ethyl adjacent to an activating group) is 1. The summed E-state index contributed by atoms with van der Waals surface area (Å²) in [5.41, 5.74) is 5.42. The van der Waals surface area contributed by atoms with Crippen molar-refractivity contribution in [2.24, 2.45) is 5.73 Å². The third kappa shape index (κ3) is 3.91. The molecule has 0 heterocycles. The number of carbonyl (C=O) groups excluding carboxylic acids is 1. The molecule has 0 aromatic carbocycles. The van der Waals surface area contributed by atoms with Gasteiger partial charge in [-0.15, -0.1) is 0 Å². The Labute approximate surface area is 116 Å². The van der Waals surface area contributed by atoms with Gasteiger partial charge in [0.05, 0.1) is 13.7 Å². The fourth-order valence-electron chi connectivity index (χ4n) is 3.22. The fraction of sp³-hybridized carbons (Fsp3) is 0.929. The first-order valence-electron chi connectivity index (χ1n) is 7.10. The van der Waals surface area contributed by atoms with Crippen molar-refractivity contribution < 1.29 is 14.3 Å². The molecular formula is C14H28N2O3. The van der Waals surface area contributed by atoms with Crippen LogP contribution in [0.5, 0.6) is 0 Å². The molecule has 0 aromatic heterocycles. The Morgan fingerprint density at radius 1 is 1.53 bits per heavy atom. The molecule has 1 saturated carbocycles. The van der Waals surface area contributed by atoms with Crippen molar-refractivity contribution in [3.05, 3.63) is 0 Å². The predicted molar refractivity (Wildman–Crippen MR) is 74.9 cm³/mol. The standard InChI is InChI=1S/C14H28N2O3/c1-5-16(11(2)10-18-3)12-7-6-8-14(15,9-12)13(17)19-4/h11-12H,5-10,15H2,1-4H3. The molecule has 0 saturated heterocycles. The molecular weight excluding hydrogens is 244 g/mol.